The van der Waals surface area contributed by atoms with Crippen LogP contribution in [0.4, 0.5) is 0 Å². The zero-order chi connectivity index (χ0) is 19.6. The molecule has 1 aromatic heterocycles. The number of hydrogen-bond acceptors (Lipinski definition) is 2. The Kier molecular flexibility index (Phi) is 5.68. The van der Waals surface area contributed by atoms with Gasteiger partial charge in [-0.15, -0.1) is 0 Å². The van der Waals surface area contributed by atoms with Crippen LogP contribution in [0.2, 0.25) is 0 Å². The Morgan fingerprint density at radius 3 is 2.30 bits per heavy atom. The lowest BCUT2D eigenvalue weighted by molar-refractivity contribution is -0.131. The molecule has 0 atom stereocenters. The predicted octanol–water partition coefficient (Wildman–Crippen LogP) is 2.98. The largest absolute Gasteiger partial charge is 0.357 e. The van der Waals surface area contributed by atoms with E-state index >= 15 is 0 Å². The smallest absolute Gasteiger partial charge is 0.254 e. The molecule has 0 saturated carbocycles. The van der Waals surface area contributed by atoms with Crippen molar-refractivity contribution in [3.8, 4) is 0 Å². The zero-order valence-corrected chi connectivity index (χ0v) is 16.7. The Morgan fingerprint density at radius 1 is 1.04 bits per heavy atom. The molecule has 1 aliphatic heterocycles. The van der Waals surface area contributed by atoms with E-state index < -0.39 is 0 Å². The lowest BCUT2D eigenvalue weighted by Gasteiger charge is -2.35. The van der Waals surface area contributed by atoms with E-state index in [4.69, 9.17) is 0 Å². The summed E-state index contributed by atoms with van der Waals surface area (Å²) in [6, 6.07) is 8.12. The maximum absolute atomic E-state index is 13.0. The van der Waals surface area contributed by atoms with E-state index in [9.17, 15) is 9.59 Å². The Balaban J connectivity index is 1.61. The fourth-order valence-electron chi connectivity index (χ4n) is 3.51. The third-order valence-corrected chi connectivity index (χ3v) is 5.33. The highest BCUT2D eigenvalue weighted by molar-refractivity contribution is 5.96. The van der Waals surface area contributed by atoms with Crippen LogP contribution in [0, 0.1) is 6.92 Å². The average molecular weight is 367 g/mol. The number of nitrogens with zero attached hydrogens (tertiary/aromatic N) is 3. The number of benzene rings is 1. The number of hydrogen-bond donors (Lipinski definition) is 0. The molecule has 2 aromatic rings. The summed E-state index contributed by atoms with van der Waals surface area (Å²) in [5.41, 5.74) is 4.00. The van der Waals surface area contributed by atoms with Crippen LogP contribution < -0.4 is 0 Å². The third-order valence-electron chi connectivity index (χ3n) is 5.33. The standard InChI is InChI=1S/C22H29N3O2/c1-16(2)19-6-5-17(3)20(14-19)22(27)25-11-9-24(10-12-25)21(26)13-18-7-8-23(4)15-18/h5-8,14-16H,9-13H2,1-4H3. The van der Waals surface area contributed by atoms with Crippen LogP contribution in [-0.4, -0.2) is 52.4 Å². The van der Waals surface area contributed by atoms with Crippen molar-refractivity contribution in [2.24, 2.45) is 7.05 Å². The SMILES string of the molecule is Cc1ccc(C(C)C)cc1C(=O)N1CCN(C(=O)Cc2ccn(C)c2)CC1. The highest BCUT2D eigenvalue weighted by atomic mass is 16.2. The molecule has 2 amide bonds. The van der Waals surface area contributed by atoms with Crippen molar-refractivity contribution in [2.45, 2.75) is 33.1 Å². The molecule has 0 N–H and O–H groups in total. The number of piperazine rings is 1. The molecule has 0 bridgehead atoms. The number of aryl methyl sites for hydroxylation is 2. The molecule has 0 radical (unpaired) electrons. The van der Waals surface area contributed by atoms with Crippen LogP contribution in [0.15, 0.2) is 36.7 Å². The van der Waals surface area contributed by atoms with Gasteiger partial charge in [-0.3, -0.25) is 9.59 Å². The Labute approximate surface area is 161 Å². The number of amides is 2. The first-order valence-electron chi connectivity index (χ1n) is 9.63. The molecule has 5 heteroatoms. The molecule has 1 aliphatic rings. The van der Waals surface area contributed by atoms with Gasteiger partial charge in [0.15, 0.2) is 0 Å². The average Bonchev–Trinajstić information content (AvgIpc) is 3.06. The number of rotatable bonds is 4. The Morgan fingerprint density at radius 2 is 1.70 bits per heavy atom. The molecule has 0 aliphatic carbocycles. The van der Waals surface area contributed by atoms with E-state index in [2.05, 4.69) is 19.9 Å². The fraction of sp³-hybridized carbons (Fsp3) is 0.455. The topological polar surface area (TPSA) is 45.6 Å². The summed E-state index contributed by atoms with van der Waals surface area (Å²) in [7, 11) is 1.95. The van der Waals surface area contributed by atoms with Gasteiger partial charge in [-0.2, -0.15) is 0 Å². The minimum absolute atomic E-state index is 0.0742. The minimum atomic E-state index is 0.0742. The van der Waals surface area contributed by atoms with Gasteiger partial charge in [0, 0.05) is 51.2 Å². The van der Waals surface area contributed by atoms with Gasteiger partial charge in [-0.25, -0.2) is 0 Å². The van der Waals surface area contributed by atoms with Crippen molar-refractivity contribution in [3.63, 3.8) is 0 Å². The molecular formula is C22H29N3O2. The van der Waals surface area contributed by atoms with E-state index in [1.54, 1.807) is 0 Å². The van der Waals surface area contributed by atoms with Crippen LogP contribution in [0.5, 0.6) is 0 Å². The van der Waals surface area contributed by atoms with Crippen LogP contribution >= 0.6 is 0 Å². The zero-order valence-electron chi connectivity index (χ0n) is 16.7. The summed E-state index contributed by atoms with van der Waals surface area (Å²) in [6.45, 7) is 8.62. The lowest BCUT2D eigenvalue weighted by Crippen LogP contribution is -2.51. The molecule has 144 valence electrons. The normalized spacial score (nSPS) is 14.7. The van der Waals surface area contributed by atoms with Crippen molar-refractivity contribution >= 4 is 11.8 Å². The van der Waals surface area contributed by atoms with Crippen molar-refractivity contribution in [1.29, 1.82) is 0 Å². The molecule has 1 fully saturated rings. The van der Waals surface area contributed by atoms with Crippen molar-refractivity contribution in [2.75, 3.05) is 26.2 Å². The van der Waals surface area contributed by atoms with Gasteiger partial charge >= 0.3 is 0 Å². The van der Waals surface area contributed by atoms with Crippen LogP contribution in [0.1, 0.15) is 46.8 Å². The van der Waals surface area contributed by atoms with Crippen LogP contribution in [-0.2, 0) is 18.3 Å². The van der Waals surface area contributed by atoms with E-state index in [1.807, 2.05) is 58.9 Å². The predicted molar refractivity (Wildman–Crippen MR) is 107 cm³/mol. The molecule has 0 unspecified atom stereocenters. The van der Waals surface area contributed by atoms with Gasteiger partial charge < -0.3 is 14.4 Å². The molecule has 0 spiro atoms. The minimum Gasteiger partial charge on any atom is -0.357 e. The summed E-state index contributed by atoms with van der Waals surface area (Å²) >= 11 is 0. The van der Waals surface area contributed by atoms with Gasteiger partial charge in [0.1, 0.15) is 0 Å². The number of aromatic nitrogens is 1. The first-order valence-corrected chi connectivity index (χ1v) is 9.63. The van der Waals surface area contributed by atoms with E-state index in [0.717, 1.165) is 16.7 Å². The molecular weight excluding hydrogens is 338 g/mol. The molecule has 3 rings (SSSR count). The maximum Gasteiger partial charge on any atom is 0.254 e. The summed E-state index contributed by atoms with van der Waals surface area (Å²) in [5, 5.41) is 0. The molecule has 27 heavy (non-hydrogen) atoms. The van der Waals surface area contributed by atoms with Crippen molar-refractivity contribution in [3.05, 3.63) is 58.9 Å². The van der Waals surface area contributed by atoms with Gasteiger partial charge in [0.2, 0.25) is 5.91 Å². The summed E-state index contributed by atoms with van der Waals surface area (Å²) < 4.78 is 1.95. The second kappa shape index (κ2) is 7.99. The number of carbonyl (C=O) groups is 2. The molecule has 2 heterocycles. The summed E-state index contributed by atoms with van der Waals surface area (Å²) in [6.07, 6.45) is 4.35. The first-order chi connectivity index (χ1) is 12.8. The summed E-state index contributed by atoms with van der Waals surface area (Å²) in [4.78, 5) is 29.2. The van der Waals surface area contributed by atoms with E-state index in [0.29, 0.717) is 38.5 Å². The first kappa shape index (κ1) is 19.2. The fourth-order valence-corrected chi connectivity index (χ4v) is 3.51. The summed E-state index contributed by atoms with van der Waals surface area (Å²) in [5.74, 6) is 0.598. The van der Waals surface area contributed by atoms with E-state index in [-0.39, 0.29) is 11.8 Å². The Hall–Kier alpha value is -2.56. The lowest BCUT2D eigenvalue weighted by atomic mass is 9.97. The second-order valence-corrected chi connectivity index (χ2v) is 7.76. The van der Waals surface area contributed by atoms with Crippen molar-refractivity contribution < 1.29 is 9.59 Å². The van der Waals surface area contributed by atoms with Crippen LogP contribution in [0.25, 0.3) is 0 Å². The van der Waals surface area contributed by atoms with E-state index in [1.165, 1.54) is 5.56 Å². The highest BCUT2D eigenvalue weighted by Crippen LogP contribution is 2.20. The van der Waals surface area contributed by atoms with Gasteiger partial charge in [0.25, 0.3) is 5.91 Å². The van der Waals surface area contributed by atoms with Crippen LogP contribution in [0.3, 0.4) is 0 Å². The molecule has 5 nitrogen and oxygen atoms in total. The quantitative estimate of drug-likeness (QED) is 0.834. The number of carbonyl (C=O) groups excluding carboxylic acids is 2. The van der Waals surface area contributed by atoms with Crippen molar-refractivity contribution in [1.82, 2.24) is 14.4 Å². The van der Waals surface area contributed by atoms with Gasteiger partial charge in [-0.05, 0) is 41.7 Å². The van der Waals surface area contributed by atoms with Gasteiger partial charge in [0.05, 0.1) is 6.42 Å². The highest BCUT2D eigenvalue weighted by Gasteiger charge is 2.26. The van der Waals surface area contributed by atoms with Gasteiger partial charge in [-0.1, -0.05) is 26.0 Å². The second-order valence-electron chi connectivity index (χ2n) is 7.76. The Bertz CT molecular complexity index is 830. The third kappa shape index (κ3) is 4.41. The molecule has 1 saturated heterocycles. The maximum atomic E-state index is 13.0. The monoisotopic (exact) mass is 367 g/mol. The molecule has 1 aromatic carbocycles.